The van der Waals surface area contributed by atoms with E-state index in [2.05, 4.69) is 16.0 Å². The Morgan fingerprint density at radius 1 is 1.28 bits per heavy atom. The van der Waals surface area contributed by atoms with Crippen molar-refractivity contribution in [3.05, 3.63) is 30.1 Å². The molecule has 0 saturated carbocycles. The summed E-state index contributed by atoms with van der Waals surface area (Å²) in [6.45, 7) is 4.64. The van der Waals surface area contributed by atoms with Crippen LogP contribution in [0.15, 0.2) is 24.4 Å². The lowest BCUT2D eigenvalue weighted by Crippen LogP contribution is -2.36. The number of carbonyl (C=O) groups excluding carboxylic acids is 1. The minimum Gasteiger partial charge on any atom is -0.351 e. The first-order valence-corrected chi connectivity index (χ1v) is 6.39. The molecule has 5 nitrogen and oxygen atoms in total. The number of carbonyl (C=O) groups is 1. The van der Waals surface area contributed by atoms with Crippen molar-refractivity contribution in [1.82, 2.24) is 14.8 Å². The Morgan fingerprint density at radius 2 is 2.00 bits per heavy atom. The Labute approximate surface area is 107 Å². The third-order valence-electron chi connectivity index (χ3n) is 3.99. The zero-order chi connectivity index (χ0) is 12.5. The lowest BCUT2D eigenvalue weighted by Gasteiger charge is -2.19. The van der Waals surface area contributed by atoms with Crippen LogP contribution in [0.4, 0.5) is 4.79 Å². The van der Waals surface area contributed by atoms with Crippen molar-refractivity contribution in [2.45, 2.75) is 6.54 Å². The quantitative estimate of drug-likeness (QED) is 0.827. The highest BCUT2D eigenvalue weighted by molar-refractivity contribution is 5.72. The topological polar surface area (TPSA) is 62.5 Å². The molecule has 0 aliphatic carbocycles. The first-order valence-electron chi connectivity index (χ1n) is 6.39. The van der Waals surface area contributed by atoms with E-state index in [1.807, 2.05) is 18.3 Å². The van der Waals surface area contributed by atoms with Gasteiger partial charge in [-0.25, -0.2) is 4.79 Å². The highest BCUT2D eigenvalue weighted by atomic mass is 16.2. The van der Waals surface area contributed by atoms with E-state index >= 15 is 0 Å². The largest absolute Gasteiger partial charge is 0.351 e. The summed E-state index contributed by atoms with van der Waals surface area (Å²) in [6, 6.07) is 5.74. The smallest absolute Gasteiger partial charge is 0.314 e. The average Bonchev–Trinajstić information content (AvgIpc) is 2.88. The fourth-order valence-electron chi connectivity index (χ4n) is 3.12. The second-order valence-electron chi connectivity index (χ2n) is 5.28. The van der Waals surface area contributed by atoms with Gasteiger partial charge < -0.3 is 10.6 Å². The van der Waals surface area contributed by atoms with Gasteiger partial charge in [-0.05, 0) is 24.0 Å². The molecule has 2 aliphatic rings. The highest BCUT2D eigenvalue weighted by Crippen LogP contribution is 2.31. The lowest BCUT2D eigenvalue weighted by molar-refractivity contribution is 0.208. The van der Waals surface area contributed by atoms with Crippen molar-refractivity contribution in [2.24, 2.45) is 17.6 Å². The zero-order valence-electron chi connectivity index (χ0n) is 10.3. The Hall–Kier alpha value is -1.62. The molecular weight excluding hydrogens is 228 g/mol. The van der Waals surface area contributed by atoms with Crippen LogP contribution >= 0.6 is 0 Å². The van der Waals surface area contributed by atoms with Crippen molar-refractivity contribution in [3.63, 3.8) is 0 Å². The molecule has 2 atom stereocenters. The molecule has 3 rings (SSSR count). The van der Waals surface area contributed by atoms with Gasteiger partial charge in [0.1, 0.15) is 0 Å². The SMILES string of the molecule is NC(=O)N1C[C@H]2CN(Cc3ccccn3)C[C@H]2C1. The van der Waals surface area contributed by atoms with E-state index in [0.717, 1.165) is 38.4 Å². The van der Waals surface area contributed by atoms with Crippen molar-refractivity contribution < 1.29 is 4.79 Å². The Kier molecular flexibility index (Phi) is 2.91. The minimum atomic E-state index is -0.277. The predicted molar refractivity (Wildman–Crippen MR) is 67.7 cm³/mol. The number of hydrogen-bond acceptors (Lipinski definition) is 3. The molecule has 2 fully saturated rings. The number of primary amides is 1. The first kappa shape index (κ1) is 11.5. The first-order chi connectivity index (χ1) is 8.72. The molecule has 0 unspecified atom stereocenters. The lowest BCUT2D eigenvalue weighted by atomic mass is 10.0. The summed E-state index contributed by atoms with van der Waals surface area (Å²) in [5.41, 5.74) is 6.44. The number of rotatable bonds is 2. The van der Waals surface area contributed by atoms with E-state index in [4.69, 9.17) is 5.73 Å². The van der Waals surface area contributed by atoms with Crippen molar-refractivity contribution in [2.75, 3.05) is 26.2 Å². The maximum absolute atomic E-state index is 11.1. The molecule has 0 radical (unpaired) electrons. The Morgan fingerprint density at radius 3 is 2.56 bits per heavy atom. The molecule has 0 bridgehead atoms. The third-order valence-corrected chi connectivity index (χ3v) is 3.99. The molecule has 2 amide bonds. The minimum absolute atomic E-state index is 0.277. The molecule has 18 heavy (non-hydrogen) atoms. The molecular formula is C13H18N4O. The molecule has 2 saturated heterocycles. The predicted octanol–water partition coefficient (Wildman–Crippen LogP) is 0.524. The van der Waals surface area contributed by atoms with E-state index in [1.54, 1.807) is 4.90 Å². The number of nitrogens with zero attached hydrogens (tertiary/aromatic N) is 3. The number of amides is 2. The van der Waals surface area contributed by atoms with E-state index in [0.29, 0.717) is 11.8 Å². The molecule has 0 spiro atoms. The number of likely N-dealkylation sites (tertiary alicyclic amines) is 2. The molecule has 0 aromatic carbocycles. The average molecular weight is 246 g/mol. The zero-order valence-corrected chi connectivity index (χ0v) is 10.3. The van der Waals surface area contributed by atoms with Crippen LogP contribution in [0.25, 0.3) is 0 Å². The standard InChI is InChI=1S/C13H18N4O/c14-13(18)17-7-10-5-16(6-11(10)8-17)9-12-3-1-2-4-15-12/h1-4,10-11H,5-9H2,(H2,14,18)/t10-,11+. The fourth-order valence-corrected chi connectivity index (χ4v) is 3.12. The van der Waals surface area contributed by atoms with Crippen LogP contribution in [0.5, 0.6) is 0 Å². The number of pyridine rings is 1. The van der Waals surface area contributed by atoms with E-state index in [-0.39, 0.29) is 6.03 Å². The van der Waals surface area contributed by atoms with Gasteiger partial charge in [-0.3, -0.25) is 9.88 Å². The molecule has 1 aromatic heterocycles. The van der Waals surface area contributed by atoms with Crippen LogP contribution < -0.4 is 5.73 Å². The number of aromatic nitrogens is 1. The van der Waals surface area contributed by atoms with Crippen molar-refractivity contribution in [1.29, 1.82) is 0 Å². The molecule has 5 heteroatoms. The van der Waals surface area contributed by atoms with Gasteiger partial charge in [0.05, 0.1) is 5.69 Å². The van der Waals surface area contributed by atoms with E-state index < -0.39 is 0 Å². The molecule has 3 heterocycles. The van der Waals surface area contributed by atoms with Crippen LogP contribution in [0.2, 0.25) is 0 Å². The van der Waals surface area contributed by atoms with Crippen LogP contribution in [-0.2, 0) is 6.54 Å². The maximum Gasteiger partial charge on any atom is 0.314 e. The number of hydrogen-bond donors (Lipinski definition) is 1. The third kappa shape index (κ3) is 2.18. The van der Waals surface area contributed by atoms with E-state index in [9.17, 15) is 4.79 Å². The maximum atomic E-state index is 11.1. The van der Waals surface area contributed by atoms with Gasteiger partial charge in [0, 0.05) is 38.9 Å². The van der Waals surface area contributed by atoms with Gasteiger partial charge in [-0.1, -0.05) is 6.07 Å². The Bertz CT molecular complexity index is 422. The molecule has 1 aromatic rings. The van der Waals surface area contributed by atoms with Gasteiger partial charge >= 0.3 is 6.03 Å². The van der Waals surface area contributed by atoms with Gasteiger partial charge in [-0.15, -0.1) is 0 Å². The van der Waals surface area contributed by atoms with Crippen LogP contribution in [0.1, 0.15) is 5.69 Å². The van der Waals surface area contributed by atoms with Gasteiger partial charge in [0.25, 0.3) is 0 Å². The van der Waals surface area contributed by atoms with Gasteiger partial charge in [0.2, 0.25) is 0 Å². The van der Waals surface area contributed by atoms with Crippen LogP contribution in [0.3, 0.4) is 0 Å². The summed E-state index contributed by atoms with van der Waals surface area (Å²) >= 11 is 0. The van der Waals surface area contributed by atoms with Gasteiger partial charge in [-0.2, -0.15) is 0 Å². The summed E-state index contributed by atoms with van der Waals surface area (Å²) < 4.78 is 0. The van der Waals surface area contributed by atoms with E-state index in [1.165, 1.54) is 0 Å². The summed E-state index contributed by atoms with van der Waals surface area (Å²) in [7, 11) is 0. The summed E-state index contributed by atoms with van der Waals surface area (Å²) in [5.74, 6) is 1.17. The van der Waals surface area contributed by atoms with Crippen LogP contribution in [-0.4, -0.2) is 47.0 Å². The summed E-state index contributed by atoms with van der Waals surface area (Å²) in [5, 5.41) is 0. The second kappa shape index (κ2) is 4.57. The Balaban J connectivity index is 1.57. The number of urea groups is 1. The van der Waals surface area contributed by atoms with Gasteiger partial charge in [0.15, 0.2) is 0 Å². The number of fused-ring (bicyclic) bond motifs is 1. The summed E-state index contributed by atoms with van der Waals surface area (Å²) in [4.78, 5) is 19.7. The second-order valence-corrected chi connectivity index (χ2v) is 5.28. The van der Waals surface area contributed by atoms with Crippen LogP contribution in [0, 0.1) is 11.8 Å². The monoisotopic (exact) mass is 246 g/mol. The number of nitrogens with two attached hydrogens (primary N) is 1. The van der Waals surface area contributed by atoms with Crippen molar-refractivity contribution >= 4 is 6.03 Å². The van der Waals surface area contributed by atoms with Crippen molar-refractivity contribution in [3.8, 4) is 0 Å². The normalized spacial score (nSPS) is 27.4. The molecule has 2 aliphatic heterocycles. The summed E-state index contributed by atoms with van der Waals surface area (Å²) in [6.07, 6.45) is 1.83. The molecule has 96 valence electrons. The molecule has 2 N–H and O–H groups in total. The highest BCUT2D eigenvalue weighted by Gasteiger charge is 2.40. The fraction of sp³-hybridized carbons (Fsp3) is 0.538.